The Bertz CT molecular complexity index is 610. The normalized spacial score (nSPS) is 29.7. The van der Waals surface area contributed by atoms with Gasteiger partial charge in [-0.05, 0) is 22.3 Å². The van der Waals surface area contributed by atoms with Crippen molar-refractivity contribution in [3.8, 4) is 0 Å². The van der Waals surface area contributed by atoms with Crippen LogP contribution < -0.4 is 0 Å². The topological polar surface area (TPSA) is 0 Å². The summed E-state index contributed by atoms with van der Waals surface area (Å²) in [5.74, 6) is -3.93. The maximum Gasteiger partial charge on any atom is 0.263 e. The summed E-state index contributed by atoms with van der Waals surface area (Å²) in [6, 6.07) is 15.1. The summed E-state index contributed by atoms with van der Waals surface area (Å²) in [4.78, 5) is 0.00324. The Morgan fingerprint density at radius 2 is 1.11 bits per heavy atom. The molecule has 0 nitrogen and oxygen atoms in total. The van der Waals surface area contributed by atoms with Crippen LogP contribution >= 0.6 is 15.9 Å². The highest BCUT2D eigenvalue weighted by molar-refractivity contribution is 9.09. The lowest BCUT2D eigenvalue weighted by atomic mass is 9.97. The lowest BCUT2D eigenvalue weighted by Gasteiger charge is -2.16. The molecule has 96 valence electrons. The molecule has 2 aliphatic carbocycles. The minimum Gasteiger partial charge on any atom is -0.205 e. The second-order valence-electron chi connectivity index (χ2n) is 5.25. The molecule has 0 amide bonds. The van der Waals surface area contributed by atoms with Crippen LogP contribution in [0.15, 0.2) is 48.5 Å². The van der Waals surface area contributed by atoms with Crippen molar-refractivity contribution in [2.45, 2.75) is 22.6 Å². The van der Waals surface area contributed by atoms with Crippen LogP contribution in [0, 0.1) is 0 Å². The molecule has 2 aromatic carbocycles. The number of hydrogen-bond donors (Lipinski definition) is 0. The summed E-state index contributed by atoms with van der Waals surface area (Å²) >= 11 is 3.68. The van der Waals surface area contributed by atoms with Crippen LogP contribution in [0.1, 0.15) is 38.9 Å². The molecule has 1 fully saturated rings. The molecule has 1 saturated carbocycles. The first-order valence-electron chi connectivity index (χ1n) is 6.32. The molecule has 1 unspecified atom stereocenters. The first-order valence-corrected chi connectivity index (χ1v) is 7.23. The van der Waals surface area contributed by atoms with E-state index in [9.17, 15) is 8.78 Å². The van der Waals surface area contributed by atoms with Gasteiger partial charge in [-0.2, -0.15) is 0 Å². The Balaban J connectivity index is 2.02. The number of fused-ring (bicyclic) bond motifs is 5. The summed E-state index contributed by atoms with van der Waals surface area (Å²) < 4.78 is 28.3. The van der Waals surface area contributed by atoms with Gasteiger partial charge in [0.05, 0.1) is 16.7 Å². The van der Waals surface area contributed by atoms with E-state index in [-0.39, 0.29) is 4.83 Å². The molecule has 3 heteroatoms. The van der Waals surface area contributed by atoms with Gasteiger partial charge in [0.25, 0.3) is 5.92 Å². The van der Waals surface area contributed by atoms with Crippen molar-refractivity contribution in [2.24, 2.45) is 0 Å². The average molecular weight is 321 g/mol. The second-order valence-corrected chi connectivity index (χ2v) is 6.17. The van der Waals surface area contributed by atoms with Crippen LogP contribution in [0.3, 0.4) is 0 Å². The first-order chi connectivity index (χ1) is 9.12. The Kier molecular flexibility index (Phi) is 2.23. The molecular formula is C16H11BrF2. The van der Waals surface area contributed by atoms with Gasteiger partial charge in [-0.3, -0.25) is 0 Å². The van der Waals surface area contributed by atoms with E-state index in [1.807, 2.05) is 48.5 Å². The summed E-state index contributed by atoms with van der Waals surface area (Å²) in [6.07, 6.45) is 0. The maximum atomic E-state index is 14.2. The third kappa shape index (κ3) is 1.42. The zero-order valence-electron chi connectivity index (χ0n) is 9.98. The fourth-order valence-corrected chi connectivity index (χ4v) is 4.15. The van der Waals surface area contributed by atoms with E-state index in [0.29, 0.717) is 0 Å². The van der Waals surface area contributed by atoms with Crippen molar-refractivity contribution in [1.29, 1.82) is 0 Å². The molecular weight excluding hydrogens is 310 g/mol. The van der Waals surface area contributed by atoms with E-state index < -0.39 is 17.8 Å². The van der Waals surface area contributed by atoms with Gasteiger partial charge in [-0.1, -0.05) is 64.5 Å². The summed E-state index contributed by atoms with van der Waals surface area (Å²) in [7, 11) is 0. The highest BCUT2D eigenvalue weighted by Crippen LogP contribution is 2.70. The average Bonchev–Trinajstić information content (AvgIpc) is 3.02. The summed E-state index contributed by atoms with van der Waals surface area (Å²) in [6.45, 7) is 0. The smallest absolute Gasteiger partial charge is 0.205 e. The SMILES string of the molecule is FC1(F)[C@@H]2c3ccccc3C(Br)c3ccccc3[C@@H]21. The first kappa shape index (κ1) is 11.6. The summed E-state index contributed by atoms with van der Waals surface area (Å²) in [5.41, 5.74) is 3.52. The van der Waals surface area contributed by atoms with Gasteiger partial charge < -0.3 is 0 Å². The van der Waals surface area contributed by atoms with Crippen LogP contribution in [0.25, 0.3) is 0 Å². The molecule has 0 aliphatic heterocycles. The molecule has 2 aromatic rings. The van der Waals surface area contributed by atoms with Gasteiger partial charge in [0, 0.05) is 0 Å². The van der Waals surface area contributed by atoms with Crippen LogP contribution in [0.5, 0.6) is 0 Å². The van der Waals surface area contributed by atoms with Crippen LogP contribution in [-0.4, -0.2) is 5.92 Å². The number of halogens is 3. The molecule has 4 rings (SSSR count). The van der Waals surface area contributed by atoms with Crippen LogP contribution in [0.2, 0.25) is 0 Å². The molecule has 19 heavy (non-hydrogen) atoms. The van der Waals surface area contributed by atoms with Gasteiger partial charge in [0.1, 0.15) is 0 Å². The monoisotopic (exact) mass is 320 g/mol. The predicted molar refractivity (Wildman–Crippen MR) is 74.1 cm³/mol. The highest BCUT2D eigenvalue weighted by Gasteiger charge is 2.70. The Morgan fingerprint density at radius 3 is 1.53 bits per heavy atom. The van der Waals surface area contributed by atoms with Crippen molar-refractivity contribution >= 4 is 15.9 Å². The molecule has 0 saturated heterocycles. The minimum atomic E-state index is -2.61. The van der Waals surface area contributed by atoms with E-state index in [1.165, 1.54) is 0 Å². The van der Waals surface area contributed by atoms with E-state index in [0.717, 1.165) is 22.3 Å². The standard InChI is InChI=1S/C16H11BrF2/c17-15-11-7-3-1-5-9(11)13-14(16(13,18)19)10-6-2-4-8-12(10)15/h1-8,13-15H/t13-,14+,15?. The fraction of sp³-hybridized carbons (Fsp3) is 0.250. The second kappa shape index (κ2) is 3.66. The van der Waals surface area contributed by atoms with Crippen molar-refractivity contribution in [2.75, 3.05) is 0 Å². The molecule has 0 aromatic heterocycles. The van der Waals surface area contributed by atoms with Crippen LogP contribution in [0.4, 0.5) is 8.78 Å². The van der Waals surface area contributed by atoms with E-state index in [2.05, 4.69) is 15.9 Å². The van der Waals surface area contributed by atoms with Gasteiger partial charge in [-0.25, -0.2) is 8.78 Å². The predicted octanol–water partition coefficient (Wildman–Crippen LogP) is 5.00. The van der Waals surface area contributed by atoms with E-state index >= 15 is 0 Å². The number of benzene rings is 2. The highest BCUT2D eigenvalue weighted by atomic mass is 79.9. The number of alkyl halides is 3. The quantitative estimate of drug-likeness (QED) is 0.599. The van der Waals surface area contributed by atoms with Crippen LogP contribution in [-0.2, 0) is 0 Å². The molecule has 0 spiro atoms. The van der Waals surface area contributed by atoms with E-state index in [1.54, 1.807) is 0 Å². The minimum absolute atomic E-state index is 0.00324. The van der Waals surface area contributed by atoms with Crippen molar-refractivity contribution in [3.63, 3.8) is 0 Å². The number of hydrogen-bond acceptors (Lipinski definition) is 0. The Labute approximate surface area is 118 Å². The van der Waals surface area contributed by atoms with E-state index in [4.69, 9.17) is 0 Å². The Hall–Kier alpha value is -1.22. The molecule has 0 bridgehead atoms. The lowest BCUT2D eigenvalue weighted by molar-refractivity contribution is 0.104. The molecule has 0 radical (unpaired) electrons. The Morgan fingerprint density at radius 1 is 0.737 bits per heavy atom. The third-order valence-corrected chi connectivity index (χ3v) is 5.25. The maximum absolute atomic E-state index is 14.2. The van der Waals surface area contributed by atoms with Gasteiger partial charge in [0.2, 0.25) is 0 Å². The lowest BCUT2D eigenvalue weighted by Crippen LogP contribution is -2.04. The molecule has 0 N–H and O–H groups in total. The third-order valence-electron chi connectivity index (χ3n) is 4.26. The zero-order valence-corrected chi connectivity index (χ0v) is 11.6. The molecule has 2 aliphatic rings. The number of rotatable bonds is 0. The fourth-order valence-electron chi connectivity index (χ4n) is 3.32. The van der Waals surface area contributed by atoms with Crippen molar-refractivity contribution < 1.29 is 8.78 Å². The zero-order chi connectivity index (χ0) is 13.2. The van der Waals surface area contributed by atoms with Gasteiger partial charge in [0.15, 0.2) is 0 Å². The largest absolute Gasteiger partial charge is 0.263 e. The van der Waals surface area contributed by atoms with Gasteiger partial charge >= 0.3 is 0 Å². The van der Waals surface area contributed by atoms with Gasteiger partial charge in [-0.15, -0.1) is 0 Å². The molecule has 3 atom stereocenters. The van der Waals surface area contributed by atoms with Crippen molar-refractivity contribution in [3.05, 3.63) is 70.8 Å². The molecule has 0 heterocycles. The summed E-state index contributed by atoms with van der Waals surface area (Å²) in [5, 5.41) is 0. The van der Waals surface area contributed by atoms with Crippen molar-refractivity contribution in [1.82, 2.24) is 0 Å².